The molecule has 0 aliphatic rings. The molecule has 0 aliphatic carbocycles. The number of aromatic carboxylic acids is 1. The SMILES string of the molecule is O=C(O)c1c(Cl)c([N+](=O)[O-])c(Cl)c([N+](=O)[O-])c1Cl. The Morgan fingerprint density at radius 3 is 1.50 bits per heavy atom. The average Bonchev–Trinajstić information content (AvgIpc) is 2.14. The molecule has 11 heteroatoms. The first-order valence-electron chi connectivity index (χ1n) is 3.92. The van der Waals surface area contributed by atoms with Crippen molar-refractivity contribution in [1.29, 1.82) is 0 Å². The van der Waals surface area contributed by atoms with E-state index in [9.17, 15) is 25.0 Å². The number of hydrogen-bond donors (Lipinski definition) is 1. The maximum absolute atomic E-state index is 10.8. The Morgan fingerprint density at radius 1 is 0.944 bits per heavy atom. The van der Waals surface area contributed by atoms with Gasteiger partial charge in [-0.25, -0.2) is 4.79 Å². The monoisotopic (exact) mass is 314 g/mol. The summed E-state index contributed by atoms with van der Waals surface area (Å²) < 4.78 is 0. The van der Waals surface area contributed by atoms with Crippen LogP contribution in [0.1, 0.15) is 10.4 Å². The van der Waals surface area contributed by atoms with E-state index < -0.39 is 47.8 Å². The molecule has 1 rings (SSSR count). The second-order valence-electron chi connectivity index (χ2n) is 2.83. The fraction of sp³-hybridized carbons (Fsp3) is 0. The van der Waals surface area contributed by atoms with E-state index in [0.717, 1.165) is 0 Å². The molecule has 0 radical (unpaired) electrons. The van der Waals surface area contributed by atoms with Crippen molar-refractivity contribution in [3.05, 3.63) is 40.9 Å². The zero-order valence-electron chi connectivity index (χ0n) is 8.02. The van der Waals surface area contributed by atoms with Crippen LogP contribution in [0, 0.1) is 20.2 Å². The minimum absolute atomic E-state index is 0.867. The lowest BCUT2D eigenvalue weighted by Crippen LogP contribution is -2.06. The second-order valence-corrected chi connectivity index (χ2v) is 3.97. The van der Waals surface area contributed by atoms with Crippen LogP contribution in [0.3, 0.4) is 0 Å². The smallest absolute Gasteiger partial charge is 0.339 e. The lowest BCUT2D eigenvalue weighted by Gasteiger charge is -2.06. The Labute approximate surface area is 113 Å². The molecule has 96 valence electrons. The van der Waals surface area contributed by atoms with E-state index >= 15 is 0 Å². The van der Waals surface area contributed by atoms with Crippen LogP contribution in [0.25, 0.3) is 0 Å². The highest BCUT2D eigenvalue weighted by atomic mass is 35.5. The predicted molar refractivity (Wildman–Crippen MR) is 61.7 cm³/mol. The molecule has 0 aliphatic heterocycles. The van der Waals surface area contributed by atoms with Crippen molar-refractivity contribution < 1.29 is 19.7 Å². The highest BCUT2D eigenvalue weighted by Crippen LogP contribution is 2.46. The number of carbonyl (C=O) groups is 1. The summed E-state index contributed by atoms with van der Waals surface area (Å²) in [5.74, 6) is -1.74. The predicted octanol–water partition coefficient (Wildman–Crippen LogP) is 3.16. The summed E-state index contributed by atoms with van der Waals surface area (Å²) in [4.78, 5) is 30.0. The van der Waals surface area contributed by atoms with Crippen LogP contribution in [0.5, 0.6) is 0 Å². The topological polar surface area (TPSA) is 124 Å². The summed E-state index contributed by atoms with van der Waals surface area (Å²) in [6.07, 6.45) is 0. The molecule has 0 spiro atoms. The van der Waals surface area contributed by atoms with E-state index in [-0.39, 0.29) is 0 Å². The fourth-order valence-corrected chi connectivity index (χ4v) is 2.30. The van der Waals surface area contributed by atoms with Gasteiger partial charge in [0.05, 0.1) is 9.85 Å². The standard InChI is InChI=1S/C7HCl3N2O6/c8-2-1(7(13)14)3(9)6(12(17)18)4(10)5(2)11(15)16/h(H,13,14). The maximum Gasteiger partial charge on any atom is 0.339 e. The summed E-state index contributed by atoms with van der Waals surface area (Å²) in [6.45, 7) is 0. The zero-order chi connectivity index (χ0) is 14.2. The van der Waals surface area contributed by atoms with E-state index in [1.165, 1.54) is 0 Å². The number of rotatable bonds is 3. The molecule has 0 atom stereocenters. The van der Waals surface area contributed by atoms with Crippen LogP contribution in [0.4, 0.5) is 11.4 Å². The largest absolute Gasteiger partial charge is 0.478 e. The van der Waals surface area contributed by atoms with Gasteiger partial charge in [-0.05, 0) is 0 Å². The molecular weight excluding hydrogens is 314 g/mol. The van der Waals surface area contributed by atoms with Crippen LogP contribution in [-0.2, 0) is 0 Å². The Morgan fingerprint density at radius 2 is 1.28 bits per heavy atom. The highest BCUT2D eigenvalue weighted by Gasteiger charge is 2.37. The third-order valence-electron chi connectivity index (χ3n) is 1.85. The maximum atomic E-state index is 10.8. The van der Waals surface area contributed by atoms with Crippen molar-refractivity contribution in [2.45, 2.75) is 0 Å². The first kappa shape index (κ1) is 14.4. The van der Waals surface area contributed by atoms with Crippen LogP contribution >= 0.6 is 34.8 Å². The molecule has 1 N–H and O–H groups in total. The number of halogens is 3. The third kappa shape index (κ3) is 2.17. The van der Waals surface area contributed by atoms with Crippen LogP contribution in [0.2, 0.25) is 15.1 Å². The van der Waals surface area contributed by atoms with Gasteiger partial charge in [0, 0.05) is 0 Å². The van der Waals surface area contributed by atoms with Gasteiger partial charge in [-0.15, -0.1) is 0 Å². The molecule has 0 unspecified atom stereocenters. The number of hydrogen-bond acceptors (Lipinski definition) is 5. The average molecular weight is 315 g/mol. The summed E-state index contributed by atoms with van der Waals surface area (Å²) >= 11 is 16.4. The Bertz CT molecular complexity index is 485. The van der Waals surface area contributed by atoms with Gasteiger partial charge in [0.1, 0.15) is 15.6 Å². The Kier molecular flexibility index (Phi) is 3.95. The van der Waals surface area contributed by atoms with Crippen molar-refractivity contribution >= 4 is 52.1 Å². The van der Waals surface area contributed by atoms with Gasteiger partial charge in [0.2, 0.25) is 0 Å². The minimum Gasteiger partial charge on any atom is -0.478 e. The number of benzene rings is 1. The van der Waals surface area contributed by atoms with Crippen molar-refractivity contribution in [2.24, 2.45) is 0 Å². The first-order chi connectivity index (χ1) is 8.20. The van der Waals surface area contributed by atoms with Crippen LogP contribution in [-0.4, -0.2) is 20.9 Å². The molecule has 18 heavy (non-hydrogen) atoms. The third-order valence-corrected chi connectivity index (χ3v) is 2.94. The summed E-state index contributed by atoms with van der Waals surface area (Å²) in [6, 6.07) is 0. The molecule has 0 fully saturated rings. The van der Waals surface area contributed by atoms with Crippen molar-refractivity contribution in [3.8, 4) is 0 Å². The number of nitro benzene ring substituents is 2. The zero-order valence-corrected chi connectivity index (χ0v) is 10.3. The second kappa shape index (κ2) is 4.92. The first-order valence-corrected chi connectivity index (χ1v) is 5.06. The van der Waals surface area contributed by atoms with Crippen LogP contribution in [0.15, 0.2) is 0 Å². The lowest BCUT2D eigenvalue weighted by atomic mass is 10.1. The highest BCUT2D eigenvalue weighted by molar-refractivity contribution is 6.46. The normalized spacial score (nSPS) is 10.2. The van der Waals surface area contributed by atoms with E-state index in [1.807, 2.05) is 0 Å². The molecule has 0 saturated heterocycles. The summed E-state index contributed by atoms with van der Waals surface area (Å²) in [7, 11) is 0. The number of nitrogens with zero attached hydrogens (tertiary/aromatic N) is 2. The van der Waals surface area contributed by atoms with Gasteiger partial charge in [-0.1, -0.05) is 34.8 Å². The molecule has 1 aromatic rings. The summed E-state index contributed by atoms with van der Waals surface area (Å²) in [5.41, 5.74) is -3.10. The van der Waals surface area contributed by atoms with E-state index in [4.69, 9.17) is 39.9 Å². The molecule has 0 saturated carbocycles. The summed E-state index contributed by atoms with van der Waals surface area (Å²) in [5, 5.41) is 27.5. The Balaban J connectivity index is 3.94. The Hall–Kier alpha value is -1.64. The lowest BCUT2D eigenvalue weighted by molar-refractivity contribution is -0.393. The van der Waals surface area contributed by atoms with Gasteiger partial charge in [-0.3, -0.25) is 20.2 Å². The van der Waals surface area contributed by atoms with Gasteiger partial charge in [0.25, 0.3) is 0 Å². The van der Waals surface area contributed by atoms with Crippen molar-refractivity contribution in [2.75, 3.05) is 0 Å². The molecule has 0 heterocycles. The number of nitro groups is 2. The van der Waals surface area contributed by atoms with E-state index in [1.54, 1.807) is 0 Å². The fourth-order valence-electron chi connectivity index (χ4n) is 1.15. The van der Waals surface area contributed by atoms with E-state index in [0.29, 0.717) is 0 Å². The number of carboxylic acids is 1. The van der Waals surface area contributed by atoms with Gasteiger partial charge in [0.15, 0.2) is 5.02 Å². The molecule has 8 nitrogen and oxygen atoms in total. The molecule has 0 bridgehead atoms. The molecule has 0 amide bonds. The van der Waals surface area contributed by atoms with Gasteiger partial charge in [-0.2, -0.15) is 0 Å². The van der Waals surface area contributed by atoms with E-state index in [2.05, 4.69) is 0 Å². The van der Waals surface area contributed by atoms with Crippen molar-refractivity contribution in [3.63, 3.8) is 0 Å². The van der Waals surface area contributed by atoms with Crippen molar-refractivity contribution in [1.82, 2.24) is 0 Å². The minimum atomic E-state index is -1.74. The quantitative estimate of drug-likeness (QED) is 0.674. The van der Waals surface area contributed by atoms with Gasteiger partial charge >= 0.3 is 17.3 Å². The van der Waals surface area contributed by atoms with Gasteiger partial charge < -0.3 is 5.11 Å². The molecular formula is C7HCl3N2O6. The molecule has 0 aromatic heterocycles. The van der Waals surface area contributed by atoms with Crippen LogP contribution < -0.4 is 0 Å². The molecule has 1 aromatic carbocycles. The number of carboxylic acid groups (broad SMARTS) is 1.